The van der Waals surface area contributed by atoms with E-state index in [2.05, 4.69) is 22.5 Å². The number of nitrogens with zero attached hydrogens (tertiary/aromatic N) is 1. The Labute approximate surface area is 186 Å². The average molecular weight is 505 g/mol. The summed E-state index contributed by atoms with van der Waals surface area (Å²) in [4.78, 5) is 4.38. The third-order valence-corrected chi connectivity index (χ3v) is 5.43. The number of halogens is 1. The molecule has 2 rings (SSSR count). The fourth-order valence-corrected chi connectivity index (χ4v) is 3.84. The van der Waals surface area contributed by atoms with Gasteiger partial charge in [0, 0.05) is 38.9 Å². The molecule has 0 bridgehead atoms. The lowest BCUT2D eigenvalue weighted by molar-refractivity contribution is 0.105. The normalized spacial score (nSPS) is 15.6. The fraction of sp³-hybridized carbons (Fsp3) is 0.667. The molecule has 28 heavy (non-hydrogen) atoms. The van der Waals surface area contributed by atoms with E-state index in [4.69, 9.17) is 14.2 Å². The molecule has 0 aromatic heterocycles. The molecule has 6 nitrogen and oxygen atoms in total. The van der Waals surface area contributed by atoms with Crippen LogP contribution in [0.4, 0.5) is 0 Å². The molecule has 2 N–H and O–H groups in total. The SMILES string of the molecule is CCOCCC1(CNC(=NC)NCc2cccc(OC)c2OC)CCCC1.I. The molecule has 160 valence electrons. The summed E-state index contributed by atoms with van der Waals surface area (Å²) in [5.41, 5.74) is 1.35. The predicted molar refractivity (Wildman–Crippen MR) is 125 cm³/mol. The molecule has 1 aliphatic rings. The monoisotopic (exact) mass is 505 g/mol. The maximum atomic E-state index is 5.61. The minimum atomic E-state index is 0. The number of benzene rings is 1. The van der Waals surface area contributed by atoms with Crippen molar-refractivity contribution in [3.63, 3.8) is 0 Å². The molecule has 1 aromatic carbocycles. The molecule has 0 unspecified atom stereocenters. The number of guanidine groups is 1. The van der Waals surface area contributed by atoms with Gasteiger partial charge in [0.15, 0.2) is 17.5 Å². The number of nitrogens with one attached hydrogen (secondary N) is 2. The molecule has 1 aliphatic carbocycles. The Morgan fingerprint density at radius 3 is 2.50 bits per heavy atom. The van der Waals surface area contributed by atoms with Gasteiger partial charge in [-0.1, -0.05) is 25.0 Å². The van der Waals surface area contributed by atoms with Crippen LogP contribution in [0.1, 0.15) is 44.6 Å². The van der Waals surface area contributed by atoms with Gasteiger partial charge in [0.05, 0.1) is 14.2 Å². The Morgan fingerprint density at radius 1 is 1.14 bits per heavy atom. The van der Waals surface area contributed by atoms with Crippen molar-refractivity contribution in [1.82, 2.24) is 10.6 Å². The highest BCUT2D eigenvalue weighted by molar-refractivity contribution is 14.0. The van der Waals surface area contributed by atoms with E-state index in [0.29, 0.717) is 12.0 Å². The first-order valence-corrected chi connectivity index (χ1v) is 9.90. The van der Waals surface area contributed by atoms with Gasteiger partial charge in [-0.2, -0.15) is 0 Å². The maximum Gasteiger partial charge on any atom is 0.191 e. The Kier molecular flexibility index (Phi) is 11.6. The first kappa shape index (κ1) is 24.8. The summed E-state index contributed by atoms with van der Waals surface area (Å²) in [7, 11) is 5.12. The van der Waals surface area contributed by atoms with E-state index < -0.39 is 0 Å². The molecule has 0 spiro atoms. The molecule has 1 fully saturated rings. The van der Waals surface area contributed by atoms with Crippen LogP contribution in [0.15, 0.2) is 23.2 Å². The fourth-order valence-electron chi connectivity index (χ4n) is 3.84. The lowest BCUT2D eigenvalue weighted by Gasteiger charge is -2.30. The molecular weight excluding hydrogens is 469 g/mol. The van der Waals surface area contributed by atoms with Crippen LogP contribution in [0.3, 0.4) is 0 Å². The number of rotatable bonds is 10. The summed E-state index contributed by atoms with van der Waals surface area (Å²) >= 11 is 0. The predicted octanol–water partition coefficient (Wildman–Crippen LogP) is 3.97. The zero-order valence-corrected chi connectivity index (χ0v) is 20.0. The zero-order valence-electron chi connectivity index (χ0n) is 17.7. The molecule has 0 atom stereocenters. The first-order valence-electron chi connectivity index (χ1n) is 9.90. The van der Waals surface area contributed by atoms with E-state index >= 15 is 0 Å². The van der Waals surface area contributed by atoms with Gasteiger partial charge in [-0.3, -0.25) is 4.99 Å². The molecule has 0 radical (unpaired) electrons. The maximum absolute atomic E-state index is 5.61. The number of hydrogen-bond acceptors (Lipinski definition) is 4. The van der Waals surface area contributed by atoms with E-state index in [1.165, 1.54) is 25.7 Å². The summed E-state index contributed by atoms with van der Waals surface area (Å²) < 4.78 is 16.5. The number of methoxy groups -OCH3 is 2. The molecule has 0 aliphatic heterocycles. The van der Waals surface area contributed by atoms with Crippen molar-refractivity contribution in [2.24, 2.45) is 10.4 Å². The van der Waals surface area contributed by atoms with Crippen LogP contribution in [0.2, 0.25) is 0 Å². The second kappa shape index (κ2) is 13.1. The molecule has 1 aromatic rings. The van der Waals surface area contributed by atoms with Crippen LogP contribution in [0, 0.1) is 5.41 Å². The highest BCUT2D eigenvalue weighted by Crippen LogP contribution is 2.40. The number of para-hydroxylation sites is 1. The quantitative estimate of drug-likeness (QED) is 0.218. The van der Waals surface area contributed by atoms with Crippen LogP contribution in [0.5, 0.6) is 11.5 Å². The van der Waals surface area contributed by atoms with E-state index in [-0.39, 0.29) is 24.0 Å². The lowest BCUT2D eigenvalue weighted by Crippen LogP contribution is -2.43. The van der Waals surface area contributed by atoms with Crippen LogP contribution in [-0.2, 0) is 11.3 Å². The Hall–Kier alpha value is -1.22. The van der Waals surface area contributed by atoms with E-state index in [0.717, 1.165) is 49.2 Å². The second-order valence-corrected chi connectivity index (χ2v) is 7.09. The minimum absolute atomic E-state index is 0. The van der Waals surface area contributed by atoms with Crippen LogP contribution in [0.25, 0.3) is 0 Å². The van der Waals surface area contributed by atoms with Crippen molar-refractivity contribution in [3.05, 3.63) is 23.8 Å². The smallest absolute Gasteiger partial charge is 0.191 e. The van der Waals surface area contributed by atoms with Crippen molar-refractivity contribution in [2.75, 3.05) is 41.0 Å². The van der Waals surface area contributed by atoms with Crippen LogP contribution >= 0.6 is 24.0 Å². The second-order valence-electron chi connectivity index (χ2n) is 7.09. The minimum Gasteiger partial charge on any atom is -0.493 e. The van der Waals surface area contributed by atoms with Gasteiger partial charge in [-0.15, -0.1) is 24.0 Å². The third kappa shape index (κ3) is 6.99. The number of aliphatic imine (C=N–C) groups is 1. The molecular formula is C21H36IN3O3. The van der Waals surface area contributed by atoms with E-state index in [9.17, 15) is 0 Å². The van der Waals surface area contributed by atoms with Gasteiger partial charge in [-0.25, -0.2) is 0 Å². The standard InChI is InChI=1S/C21H35N3O3.HI/c1-5-27-14-13-21(11-6-7-12-21)16-24-20(22-2)23-15-17-9-8-10-18(25-3)19(17)26-4;/h8-10H,5-7,11-16H2,1-4H3,(H2,22,23,24);1H. The van der Waals surface area contributed by atoms with Gasteiger partial charge >= 0.3 is 0 Å². The molecule has 0 saturated heterocycles. The van der Waals surface area contributed by atoms with Gasteiger partial charge in [-0.05, 0) is 37.7 Å². The summed E-state index contributed by atoms with van der Waals surface area (Å²) in [5.74, 6) is 2.30. The zero-order chi connectivity index (χ0) is 19.5. The summed E-state index contributed by atoms with van der Waals surface area (Å²) in [6.45, 7) is 5.22. The summed E-state index contributed by atoms with van der Waals surface area (Å²) in [5, 5.41) is 6.92. The highest BCUT2D eigenvalue weighted by atomic mass is 127. The molecule has 0 amide bonds. The van der Waals surface area contributed by atoms with Crippen LogP contribution < -0.4 is 20.1 Å². The molecule has 1 saturated carbocycles. The van der Waals surface area contributed by atoms with Gasteiger partial charge in [0.2, 0.25) is 0 Å². The summed E-state index contributed by atoms with van der Waals surface area (Å²) in [6, 6.07) is 5.90. The average Bonchev–Trinajstić information content (AvgIpc) is 3.17. The summed E-state index contributed by atoms with van der Waals surface area (Å²) in [6.07, 6.45) is 6.23. The van der Waals surface area contributed by atoms with Crippen molar-refractivity contribution in [3.8, 4) is 11.5 Å². The molecule has 0 heterocycles. The third-order valence-electron chi connectivity index (χ3n) is 5.43. The van der Waals surface area contributed by atoms with E-state index in [1.807, 2.05) is 18.2 Å². The Bertz CT molecular complexity index is 605. The Morgan fingerprint density at radius 2 is 1.89 bits per heavy atom. The largest absolute Gasteiger partial charge is 0.493 e. The van der Waals surface area contributed by atoms with Crippen LogP contribution in [-0.4, -0.2) is 47.0 Å². The number of ether oxygens (including phenoxy) is 3. The van der Waals surface area contributed by atoms with Gasteiger partial charge in [0.1, 0.15) is 0 Å². The lowest BCUT2D eigenvalue weighted by atomic mass is 9.83. The van der Waals surface area contributed by atoms with E-state index in [1.54, 1.807) is 21.3 Å². The Balaban J connectivity index is 0.00000392. The van der Waals surface area contributed by atoms with Crippen molar-refractivity contribution in [2.45, 2.75) is 45.6 Å². The highest BCUT2D eigenvalue weighted by Gasteiger charge is 2.33. The van der Waals surface area contributed by atoms with Crippen molar-refractivity contribution < 1.29 is 14.2 Å². The van der Waals surface area contributed by atoms with Crippen molar-refractivity contribution in [1.29, 1.82) is 0 Å². The van der Waals surface area contributed by atoms with Gasteiger partial charge < -0.3 is 24.8 Å². The molecule has 7 heteroatoms. The number of hydrogen-bond donors (Lipinski definition) is 2. The van der Waals surface area contributed by atoms with Crippen molar-refractivity contribution >= 4 is 29.9 Å². The first-order chi connectivity index (χ1) is 13.2. The van der Waals surface area contributed by atoms with Gasteiger partial charge in [0.25, 0.3) is 0 Å². The topological polar surface area (TPSA) is 64.1 Å².